The number of amides is 1. The van der Waals surface area contributed by atoms with E-state index in [1.807, 2.05) is 36.4 Å². The molecule has 0 fully saturated rings. The predicted molar refractivity (Wildman–Crippen MR) is 82.2 cm³/mol. The fourth-order valence-corrected chi connectivity index (χ4v) is 2.35. The Labute approximate surface area is 143 Å². The predicted octanol–water partition coefficient (Wildman–Crippen LogP) is 2.31. The third kappa shape index (κ3) is 2.96. The van der Waals surface area contributed by atoms with Crippen LogP contribution in [-0.2, 0) is 24.9 Å². The van der Waals surface area contributed by atoms with Crippen molar-refractivity contribution in [2.45, 2.75) is 0 Å². The molecule has 4 nitrogen and oxygen atoms in total. The number of para-hydroxylation sites is 1. The van der Waals surface area contributed by atoms with Crippen molar-refractivity contribution in [3.63, 3.8) is 0 Å². The van der Waals surface area contributed by atoms with E-state index < -0.39 is 0 Å². The number of benzene rings is 2. The van der Waals surface area contributed by atoms with Gasteiger partial charge in [-0.3, -0.25) is 4.79 Å². The Bertz CT molecular complexity index is 711. The Kier molecular flexibility index (Phi) is 5.11. The Morgan fingerprint density at radius 3 is 2.68 bits per heavy atom. The van der Waals surface area contributed by atoms with Crippen molar-refractivity contribution in [1.82, 2.24) is 0 Å². The topological polar surface area (TPSA) is 41.9 Å². The molecule has 0 aromatic heterocycles. The maximum Gasteiger partial charge on any atom is 0.247 e. The molecule has 1 aliphatic rings. The summed E-state index contributed by atoms with van der Waals surface area (Å²) in [7, 11) is 3.40. The monoisotopic (exact) mass is 472 g/mol. The van der Waals surface area contributed by atoms with Gasteiger partial charge in [-0.2, -0.15) is 0 Å². The summed E-state index contributed by atoms with van der Waals surface area (Å²) in [4.78, 5) is 18.2. The molecule has 1 amide bonds. The molecule has 22 heavy (non-hydrogen) atoms. The van der Waals surface area contributed by atoms with Gasteiger partial charge in [0.1, 0.15) is 6.54 Å². The summed E-state index contributed by atoms with van der Waals surface area (Å²) in [5.41, 5.74) is 3.44. The number of hydrogen-bond donors (Lipinski definition) is 0. The largest absolute Gasteiger partial charge is 0.540 e. The third-order valence-corrected chi connectivity index (χ3v) is 3.54. The van der Waals surface area contributed by atoms with Crippen LogP contribution in [0.25, 0.3) is 0 Å². The molecule has 0 saturated heterocycles. The number of ether oxygens (including phenoxy) is 1. The van der Waals surface area contributed by atoms with Gasteiger partial charge in [-0.25, -0.2) is 0 Å². The van der Waals surface area contributed by atoms with Crippen LogP contribution in [0.1, 0.15) is 11.1 Å². The van der Waals surface area contributed by atoms with E-state index in [1.165, 1.54) is 0 Å². The standard InChI is InChI=1S/C17H15N2O2.Ir/c1-19-15-6-4-3-5-14(15)17(18-11-16(19)20)12-7-9-13(21-2)10-8-12;/h3-7,9-10H,11H2,1-2H3;/q-1;. The van der Waals surface area contributed by atoms with Gasteiger partial charge in [-0.05, 0) is 17.3 Å². The number of likely N-dealkylation sites (N-methyl/N-ethyl adjacent to an activating group) is 1. The molecule has 5 heteroatoms. The van der Waals surface area contributed by atoms with Crippen molar-refractivity contribution in [3.05, 3.63) is 59.7 Å². The summed E-state index contributed by atoms with van der Waals surface area (Å²) in [6.45, 7) is 0.139. The first-order chi connectivity index (χ1) is 10.2. The fraction of sp³-hybridized carbons (Fsp3) is 0.176. The van der Waals surface area contributed by atoms with E-state index >= 15 is 0 Å². The molecule has 0 unspecified atom stereocenters. The van der Waals surface area contributed by atoms with Gasteiger partial charge in [0.05, 0.1) is 7.11 Å². The number of carbonyl (C=O) groups is 1. The summed E-state index contributed by atoms with van der Waals surface area (Å²) in [6.07, 6.45) is 0. The molecule has 0 bridgehead atoms. The molecule has 2 aromatic rings. The average Bonchev–Trinajstić information content (AvgIpc) is 2.66. The second kappa shape index (κ2) is 6.86. The molecule has 0 aliphatic carbocycles. The minimum atomic E-state index is -0.0223. The molecular weight excluding hydrogens is 456 g/mol. The molecule has 115 valence electrons. The van der Waals surface area contributed by atoms with Crippen molar-refractivity contribution in [3.8, 4) is 5.75 Å². The van der Waals surface area contributed by atoms with Gasteiger partial charge >= 0.3 is 0 Å². The van der Waals surface area contributed by atoms with Crippen LogP contribution in [0.5, 0.6) is 5.75 Å². The second-order valence-corrected chi connectivity index (χ2v) is 4.78. The Morgan fingerprint density at radius 1 is 1.23 bits per heavy atom. The van der Waals surface area contributed by atoms with Gasteiger partial charge in [0.15, 0.2) is 0 Å². The molecule has 1 aliphatic heterocycles. The maximum atomic E-state index is 12.0. The SMILES string of the molecule is COc1c[c-]c(C2=NCC(=O)N(C)c3ccccc32)cc1.[Ir]. The van der Waals surface area contributed by atoms with Crippen LogP contribution in [0.2, 0.25) is 0 Å². The smallest absolute Gasteiger partial charge is 0.247 e. The Morgan fingerprint density at radius 2 is 2.00 bits per heavy atom. The first-order valence-electron chi connectivity index (χ1n) is 6.67. The van der Waals surface area contributed by atoms with Crippen molar-refractivity contribution in [2.24, 2.45) is 4.99 Å². The molecule has 0 N–H and O–H groups in total. The van der Waals surface area contributed by atoms with Gasteiger partial charge < -0.3 is 14.6 Å². The number of anilines is 1. The quantitative estimate of drug-likeness (QED) is 0.631. The molecule has 1 heterocycles. The molecule has 2 aromatic carbocycles. The number of methoxy groups -OCH3 is 1. The molecular formula is C17H15IrN2O2-. The number of fused-ring (bicyclic) bond motifs is 1. The first kappa shape index (κ1) is 16.4. The number of benzodiazepines with no additional fused rings is 1. The fourth-order valence-electron chi connectivity index (χ4n) is 2.35. The number of nitrogens with zero attached hydrogens (tertiary/aromatic N) is 2. The van der Waals surface area contributed by atoms with Crippen LogP contribution in [0, 0.1) is 6.07 Å². The molecule has 0 saturated carbocycles. The normalized spacial score (nSPS) is 13.6. The van der Waals surface area contributed by atoms with E-state index in [0.717, 1.165) is 28.3 Å². The van der Waals surface area contributed by atoms with Gasteiger partial charge in [0, 0.05) is 38.6 Å². The van der Waals surface area contributed by atoms with Crippen LogP contribution < -0.4 is 9.64 Å². The number of aliphatic imine (C=N–C) groups is 1. The summed E-state index contributed by atoms with van der Waals surface area (Å²) >= 11 is 0. The molecule has 3 rings (SSSR count). The zero-order valence-corrected chi connectivity index (χ0v) is 14.7. The maximum absolute atomic E-state index is 12.0. The van der Waals surface area contributed by atoms with Crippen molar-refractivity contribution in [1.29, 1.82) is 0 Å². The van der Waals surface area contributed by atoms with Gasteiger partial charge in [-0.15, -0.1) is 29.8 Å². The Hall–Kier alpha value is -1.97. The summed E-state index contributed by atoms with van der Waals surface area (Å²) < 4.78 is 5.15. The Balaban J connectivity index is 0.00000176. The molecule has 0 atom stereocenters. The van der Waals surface area contributed by atoms with E-state index in [1.54, 1.807) is 25.1 Å². The van der Waals surface area contributed by atoms with Crippen LogP contribution in [0.4, 0.5) is 5.69 Å². The second-order valence-electron chi connectivity index (χ2n) is 4.78. The van der Waals surface area contributed by atoms with Gasteiger partial charge in [0.25, 0.3) is 0 Å². The zero-order chi connectivity index (χ0) is 14.8. The van der Waals surface area contributed by atoms with E-state index in [4.69, 9.17) is 4.74 Å². The third-order valence-electron chi connectivity index (χ3n) is 3.54. The van der Waals surface area contributed by atoms with Crippen LogP contribution >= 0.6 is 0 Å². The van der Waals surface area contributed by atoms with Crippen molar-refractivity contribution in [2.75, 3.05) is 25.6 Å². The summed E-state index contributed by atoms with van der Waals surface area (Å²) in [5, 5.41) is 0. The minimum Gasteiger partial charge on any atom is -0.540 e. The van der Waals surface area contributed by atoms with Crippen molar-refractivity contribution < 1.29 is 29.6 Å². The number of rotatable bonds is 2. The van der Waals surface area contributed by atoms with Crippen LogP contribution in [0.3, 0.4) is 0 Å². The van der Waals surface area contributed by atoms with Crippen LogP contribution in [0.15, 0.2) is 47.5 Å². The van der Waals surface area contributed by atoms with Crippen LogP contribution in [-0.4, -0.2) is 32.3 Å². The molecule has 0 spiro atoms. The minimum absolute atomic E-state index is 0. The van der Waals surface area contributed by atoms with E-state index in [2.05, 4.69) is 11.1 Å². The summed E-state index contributed by atoms with van der Waals surface area (Å²) in [5.74, 6) is 0.723. The average molecular weight is 472 g/mol. The van der Waals surface area contributed by atoms with Gasteiger partial charge in [0.2, 0.25) is 5.91 Å². The zero-order valence-electron chi connectivity index (χ0n) is 12.3. The first-order valence-corrected chi connectivity index (χ1v) is 6.67. The molecule has 1 radical (unpaired) electrons. The van der Waals surface area contributed by atoms with E-state index in [9.17, 15) is 4.79 Å². The number of hydrogen-bond acceptors (Lipinski definition) is 3. The van der Waals surface area contributed by atoms with E-state index in [-0.39, 0.29) is 32.6 Å². The number of carbonyl (C=O) groups excluding carboxylic acids is 1. The van der Waals surface area contributed by atoms with E-state index in [0.29, 0.717) is 0 Å². The van der Waals surface area contributed by atoms with Gasteiger partial charge in [-0.1, -0.05) is 18.2 Å². The summed E-state index contributed by atoms with van der Waals surface area (Å²) in [6, 6.07) is 16.5. The van der Waals surface area contributed by atoms with Crippen molar-refractivity contribution >= 4 is 17.3 Å².